The third kappa shape index (κ3) is 5.53. The smallest absolute Gasteiger partial charge is 0.253 e. The van der Waals surface area contributed by atoms with Gasteiger partial charge in [-0.3, -0.25) is 14.9 Å². The van der Waals surface area contributed by atoms with Crippen molar-refractivity contribution in [3.8, 4) is 0 Å². The Bertz CT molecular complexity index is 854. The number of nitrogens with zero attached hydrogens (tertiary/aromatic N) is 2. The molecule has 0 aromatic heterocycles. The molecule has 2 aromatic carbocycles. The van der Waals surface area contributed by atoms with E-state index in [1.165, 1.54) is 12.8 Å². The van der Waals surface area contributed by atoms with E-state index < -0.39 is 0 Å². The molecule has 164 valence electrons. The van der Waals surface area contributed by atoms with E-state index in [1.54, 1.807) is 0 Å². The predicted octanol–water partition coefficient (Wildman–Crippen LogP) is 4.16. The summed E-state index contributed by atoms with van der Waals surface area (Å²) in [6, 6.07) is 17.4. The molecule has 2 fully saturated rings. The molecule has 0 radical (unpaired) electrons. The first kappa shape index (κ1) is 21.6. The van der Waals surface area contributed by atoms with Gasteiger partial charge in [0.2, 0.25) is 5.91 Å². The van der Waals surface area contributed by atoms with Crippen LogP contribution < -0.4 is 5.32 Å². The lowest BCUT2D eigenvalue weighted by Gasteiger charge is -2.31. The van der Waals surface area contributed by atoms with Crippen LogP contribution in [0.3, 0.4) is 0 Å². The molecule has 0 bridgehead atoms. The third-order valence-corrected chi connectivity index (χ3v) is 6.40. The van der Waals surface area contributed by atoms with Gasteiger partial charge in [-0.2, -0.15) is 0 Å². The lowest BCUT2D eigenvalue weighted by molar-refractivity contribution is -0.134. The van der Waals surface area contributed by atoms with Crippen molar-refractivity contribution in [1.82, 2.24) is 15.1 Å². The van der Waals surface area contributed by atoms with Crippen LogP contribution in [-0.2, 0) is 11.3 Å². The Hall–Kier alpha value is -2.66. The topological polar surface area (TPSA) is 52.7 Å². The first-order valence-electron chi connectivity index (χ1n) is 11.7. The molecule has 0 saturated carbocycles. The fourth-order valence-electron chi connectivity index (χ4n) is 4.55. The summed E-state index contributed by atoms with van der Waals surface area (Å²) >= 11 is 0. The van der Waals surface area contributed by atoms with Gasteiger partial charge in [0, 0.05) is 38.3 Å². The molecule has 1 N–H and O–H groups in total. The molecular weight excluding hydrogens is 386 g/mol. The fourth-order valence-corrected chi connectivity index (χ4v) is 4.55. The summed E-state index contributed by atoms with van der Waals surface area (Å²) in [7, 11) is 0. The lowest BCUT2D eigenvalue weighted by atomic mass is 10.0. The number of likely N-dealkylation sites (tertiary alicyclic amines) is 2. The highest BCUT2D eigenvalue weighted by Gasteiger charge is 2.26. The molecule has 5 heteroatoms. The van der Waals surface area contributed by atoms with E-state index in [1.807, 2.05) is 64.4 Å². The van der Waals surface area contributed by atoms with E-state index in [0.29, 0.717) is 6.54 Å². The molecule has 2 aliphatic heterocycles. The Labute approximate surface area is 185 Å². The Balaban J connectivity index is 1.41. The largest absolute Gasteiger partial charge is 0.341 e. The lowest BCUT2D eigenvalue weighted by Crippen LogP contribution is -2.43. The van der Waals surface area contributed by atoms with Crippen molar-refractivity contribution in [1.29, 1.82) is 0 Å². The van der Waals surface area contributed by atoms with E-state index >= 15 is 0 Å². The molecular formula is C26H33N3O2. The van der Waals surface area contributed by atoms with Crippen molar-refractivity contribution in [3.05, 3.63) is 71.3 Å². The van der Waals surface area contributed by atoms with Gasteiger partial charge in [-0.05, 0) is 61.8 Å². The van der Waals surface area contributed by atoms with Crippen molar-refractivity contribution >= 4 is 11.8 Å². The van der Waals surface area contributed by atoms with Gasteiger partial charge in [0.05, 0.1) is 0 Å². The quantitative estimate of drug-likeness (QED) is 0.765. The van der Waals surface area contributed by atoms with Gasteiger partial charge in [-0.1, -0.05) is 42.5 Å². The molecule has 5 nitrogen and oxygen atoms in total. The minimum atomic E-state index is -0.353. The number of hydrogen-bond donors (Lipinski definition) is 1. The molecule has 4 rings (SSSR count). The van der Waals surface area contributed by atoms with Crippen molar-refractivity contribution in [2.45, 2.75) is 51.1 Å². The second kappa shape index (κ2) is 10.6. The molecule has 1 atom stereocenters. The SMILES string of the molecule is O=C(c1ccc(CNC(C(=O)N2CCCCC2)c2ccccc2)cc1)N1CCCCC1. The van der Waals surface area contributed by atoms with Crippen molar-refractivity contribution in [2.75, 3.05) is 26.2 Å². The fraction of sp³-hybridized carbons (Fsp3) is 0.462. The van der Waals surface area contributed by atoms with Crippen LogP contribution in [0.15, 0.2) is 54.6 Å². The first-order chi connectivity index (χ1) is 15.2. The van der Waals surface area contributed by atoms with Crippen LogP contribution in [-0.4, -0.2) is 47.8 Å². The summed E-state index contributed by atoms with van der Waals surface area (Å²) in [6.45, 7) is 3.99. The average molecular weight is 420 g/mol. The standard InChI is InChI=1S/C26H33N3O2/c30-25(28-16-6-2-7-17-28)23-14-12-21(13-15-23)20-27-24(22-10-4-1-5-11-22)26(31)29-18-8-3-9-19-29/h1,4-5,10-15,24,27H,2-3,6-9,16-20H2. The summed E-state index contributed by atoms with van der Waals surface area (Å²) in [4.78, 5) is 29.9. The van der Waals surface area contributed by atoms with Crippen molar-refractivity contribution in [3.63, 3.8) is 0 Å². The van der Waals surface area contributed by atoms with Crippen LogP contribution in [0.5, 0.6) is 0 Å². The zero-order chi connectivity index (χ0) is 21.5. The van der Waals surface area contributed by atoms with Gasteiger partial charge < -0.3 is 9.80 Å². The maximum absolute atomic E-state index is 13.3. The molecule has 2 amide bonds. The highest BCUT2D eigenvalue weighted by molar-refractivity contribution is 5.94. The number of nitrogens with one attached hydrogen (secondary N) is 1. The zero-order valence-corrected chi connectivity index (χ0v) is 18.3. The van der Waals surface area contributed by atoms with Gasteiger partial charge in [-0.15, -0.1) is 0 Å². The Morgan fingerprint density at radius 3 is 1.94 bits per heavy atom. The average Bonchev–Trinajstić information content (AvgIpc) is 2.86. The van der Waals surface area contributed by atoms with Crippen molar-refractivity contribution in [2.24, 2.45) is 0 Å². The van der Waals surface area contributed by atoms with E-state index in [0.717, 1.165) is 68.6 Å². The molecule has 31 heavy (non-hydrogen) atoms. The summed E-state index contributed by atoms with van der Waals surface area (Å²) in [5, 5.41) is 3.47. The molecule has 2 saturated heterocycles. The van der Waals surface area contributed by atoms with Crippen LogP contribution >= 0.6 is 0 Å². The van der Waals surface area contributed by atoms with E-state index in [9.17, 15) is 9.59 Å². The highest BCUT2D eigenvalue weighted by atomic mass is 16.2. The number of amides is 2. The van der Waals surface area contributed by atoms with E-state index in [4.69, 9.17) is 0 Å². The number of hydrogen-bond acceptors (Lipinski definition) is 3. The molecule has 2 heterocycles. The maximum Gasteiger partial charge on any atom is 0.253 e. The van der Waals surface area contributed by atoms with Gasteiger partial charge in [0.1, 0.15) is 6.04 Å². The van der Waals surface area contributed by atoms with Crippen LogP contribution in [0.1, 0.15) is 66.1 Å². The van der Waals surface area contributed by atoms with Gasteiger partial charge in [0.15, 0.2) is 0 Å². The van der Waals surface area contributed by atoms with E-state index in [-0.39, 0.29) is 17.9 Å². The first-order valence-corrected chi connectivity index (χ1v) is 11.7. The molecule has 0 aliphatic carbocycles. The second-order valence-electron chi connectivity index (χ2n) is 8.66. The summed E-state index contributed by atoms with van der Waals surface area (Å²) in [5.41, 5.74) is 2.81. The Morgan fingerprint density at radius 2 is 1.32 bits per heavy atom. The predicted molar refractivity (Wildman–Crippen MR) is 123 cm³/mol. The minimum Gasteiger partial charge on any atom is -0.341 e. The molecule has 0 spiro atoms. The van der Waals surface area contributed by atoms with Gasteiger partial charge in [0.25, 0.3) is 5.91 Å². The number of piperidine rings is 2. The van der Waals surface area contributed by atoms with Crippen LogP contribution in [0.4, 0.5) is 0 Å². The minimum absolute atomic E-state index is 0.127. The highest BCUT2D eigenvalue weighted by Crippen LogP contribution is 2.20. The molecule has 1 unspecified atom stereocenters. The molecule has 2 aromatic rings. The monoisotopic (exact) mass is 419 g/mol. The van der Waals surface area contributed by atoms with Crippen molar-refractivity contribution < 1.29 is 9.59 Å². The Kier molecular flexibility index (Phi) is 7.36. The van der Waals surface area contributed by atoms with Crippen LogP contribution in [0, 0.1) is 0 Å². The van der Waals surface area contributed by atoms with Crippen LogP contribution in [0.25, 0.3) is 0 Å². The number of carbonyl (C=O) groups excluding carboxylic acids is 2. The third-order valence-electron chi connectivity index (χ3n) is 6.40. The summed E-state index contributed by atoms with van der Waals surface area (Å²) in [6.07, 6.45) is 6.78. The maximum atomic E-state index is 13.3. The number of carbonyl (C=O) groups is 2. The molecule has 2 aliphatic rings. The van der Waals surface area contributed by atoms with Gasteiger partial charge in [-0.25, -0.2) is 0 Å². The van der Waals surface area contributed by atoms with E-state index in [2.05, 4.69) is 5.32 Å². The number of benzene rings is 2. The zero-order valence-electron chi connectivity index (χ0n) is 18.3. The normalized spacial score (nSPS) is 17.9. The Morgan fingerprint density at radius 1 is 0.742 bits per heavy atom. The summed E-state index contributed by atoms with van der Waals surface area (Å²) in [5.74, 6) is 0.282. The van der Waals surface area contributed by atoms with Gasteiger partial charge >= 0.3 is 0 Å². The number of rotatable bonds is 6. The summed E-state index contributed by atoms with van der Waals surface area (Å²) < 4.78 is 0. The second-order valence-corrected chi connectivity index (χ2v) is 8.66. The van der Waals surface area contributed by atoms with Crippen LogP contribution in [0.2, 0.25) is 0 Å².